The SMILES string of the molecule is O=C(Nc1cc(Cl)ccc1Cl)OC1CCCC2(C1)OOC1(O2)C2CC3CC(C2)CC1C3. The van der Waals surface area contributed by atoms with Crippen molar-refractivity contribution in [2.24, 2.45) is 23.7 Å². The lowest BCUT2D eigenvalue weighted by Gasteiger charge is -2.57. The summed E-state index contributed by atoms with van der Waals surface area (Å²) in [6, 6.07) is 4.90. The van der Waals surface area contributed by atoms with Gasteiger partial charge < -0.3 is 9.47 Å². The Hall–Kier alpha value is -1.05. The van der Waals surface area contributed by atoms with E-state index < -0.39 is 17.7 Å². The number of amides is 1. The van der Waals surface area contributed by atoms with Crippen LogP contribution in [-0.2, 0) is 19.2 Å². The van der Waals surface area contributed by atoms with Gasteiger partial charge in [-0.3, -0.25) is 5.32 Å². The number of rotatable bonds is 2. The van der Waals surface area contributed by atoms with Crippen molar-refractivity contribution < 1.29 is 24.0 Å². The molecule has 1 aliphatic heterocycles. The molecule has 1 N–H and O–H groups in total. The average Bonchev–Trinajstić information content (AvgIpc) is 3.08. The van der Waals surface area contributed by atoms with Crippen LogP contribution in [-0.4, -0.2) is 23.8 Å². The van der Waals surface area contributed by atoms with Crippen molar-refractivity contribution in [1.29, 1.82) is 0 Å². The summed E-state index contributed by atoms with van der Waals surface area (Å²) in [4.78, 5) is 24.5. The van der Waals surface area contributed by atoms with E-state index in [4.69, 9.17) is 42.5 Å². The molecule has 168 valence electrons. The van der Waals surface area contributed by atoms with Gasteiger partial charge in [0.25, 0.3) is 0 Å². The van der Waals surface area contributed by atoms with Crippen LogP contribution in [0.5, 0.6) is 0 Å². The van der Waals surface area contributed by atoms with Crippen LogP contribution < -0.4 is 5.32 Å². The summed E-state index contributed by atoms with van der Waals surface area (Å²) in [5, 5.41) is 3.58. The van der Waals surface area contributed by atoms with Crippen LogP contribution in [0.3, 0.4) is 0 Å². The molecule has 2 unspecified atom stereocenters. The maximum atomic E-state index is 12.5. The molecule has 8 heteroatoms. The second kappa shape index (κ2) is 7.49. The van der Waals surface area contributed by atoms with Gasteiger partial charge in [0.15, 0.2) is 0 Å². The first-order chi connectivity index (χ1) is 14.9. The Balaban J connectivity index is 1.12. The van der Waals surface area contributed by atoms with E-state index in [1.807, 2.05) is 0 Å². The minimum absolute atomic E-state index is 0.317. The number of benzene rings is 1. The Labute approximate surface area is 191 Å². The molecule has 6 aliphatic rings. The third kappa shape index (κ3) is 3.55. The highest BCUT2D eigenvalue weighted by molar-refractivity contribution is 6.35. The standard InChI is InChI=1S/C23H27Cl2NO5/c24-17-3-4-19(25)20(11-17)26-21(27)28-18-2-1-5-22(12-18)29-23(31-30-22)15-7-13-6-14(9-15)10-16(23)8-13/h3-4,11,13-16,18H,1-2,5-10,12H2,(H,26,27). The first kappa shape index (κ1) is 20.5. The molecule has 5 aliphatic carbocycles. The molecule has 31 heavy (non-hydrogen) atoms. The molecule has 6 fully saturated rings. The van der Waals surface area contributed by atoms with E-state index in [1.54, 1.807) is 18.2 Å². The van der Waals surface area contributed by atoms with Crippen molar-refractivity contribution in [3.8, 4) is 0 Å². The molecule has 1 aromatic carbocycles. The summed E-state index contributed by atoms with van der Waals surface area (Å²) in [7, 11) is 0. The minimum Gasteiger partial charge on any atom is -0.446 e. The van der Waals surface area contributed by atoms with Crippen molar-refractivity contribution in [2.75, 3.05) is 5.32 Å². The van der Waals surface area contributed by atoms with Gasteiger partial charge in [-0.05, 0) is 75.0 Å². The predicted octanol–water partition coefficient (Wildman–Crippen LogP) is 6.31. The number of nitrogens with one attached hydrogen (secondary N) is 1. The van der Waals surface area contributed by atoms with Gasteiger partial charge in [0.1, 0.15) is 6.10 Å². The molecule has 6 nitrogen and oxygen atoms in total. The first-order valence-electron chi connectivity index (χ1n) is 11.4. The van der Waals surface area contributed by atoms with Crippen LogP contribution in [0.15, 0.2) is 18.2 Å². The van der Waals surface area contributed by atoms with E-state index in [1.165, 1.54) is 32.1 Å². The second-order valence-corrected chi connectivity index (χ2v) is 10.9. The van der Waals surface area contributed by atoms with Crippen LogP contribution in [0.1, 0.15) is 57.8 Å². The Morgan fingerprint density at radius 3 is 2.55 bits per heavy atom. The fraction of sp³-hybridized carbons (Fsp3) is 0.696. The molecule has 1 aromatic rings. The fourth-order valence-corrected chi connectivity index (χ4v) is 7.25. The van der Waals surface area contributed by atoms with Gasteiger partial charge in [-0.25, -0.2) is 4.79 Å². The van der Waals surface area contributed by atoms with Gasteiger partial charge >= 0.3 is 6.09 Å². The van der Waals surface area contributed by atoms with Crippen LogP contribution in [0, 0.1) is 23.7 Å². The Bertz CT molecular complexity index is 867. The number of anilines is 1. The highest BCUT2D eigenvalue weighted by atomic mass is 35.5. The van der Waals surface area contributed by atoms with Gasteiger partial charge in [0, 0.05) is 29.7 Å². The lowest BCUT2D eigenvalue weighted by atomic mass is 9.53. The molecule has 5 saturated carbocycles. The zero-order valence-corrected chi connectivity index (χ0v) is 18.8. The fourth-order valence-electron chi connectivity index (χ4n) is 6.91. The topological polar surface area (TPSA) is 66.0 Å². The van der Waals surface area contributed by atoms with Gasteiger partial charge in [-0.15, -0.1) is 0 Å². The Morgan fingerprint density at radius 1 is 1.06 bits per heavy atom. The molecule has 0 radical (unpaired) electrons. The predicted molar refractivity (Wildman–Crippen MR) is 115 cm³/mol. The number of halogens is 2. The molecular formula is C23H27Cl2NO5. The molecular weight excluding hydrogens is 441 g/mol. The molecule has 4 bridgehead atoms. The molecule has 0 aromatic heterocycles. The lowest BCUT2D eigenvalue weighted by molar-refractivity contribution is -0.390. The molecule has 1 heterocycles. The summed E-state index contributed by atoms with van der Waals surface area (Å²) in [5.74, 6) is 1.04. The molecule has 2 spiro atoms. The van der Waals surface area contributed by atoms with Crippen LogP contribution in [0.2, 0.25) is 10.0 Å². The summed E-state index contributed by atoms with van der Waals surface area (Å²) < 4.78 is 12.4. The van der Waals surface area contributed by atoms with Gasteiger partial charge in [0.05, 0.1) is 10.7 Å². The van der Waals surface area contributed by atoms with E-state index >= 15 is 0 Å². The van der Waals surface area contributed by atoms with Crippen molar-refractivity contribution in [3.05, 3.63) is 28.2 Å². The van der Waals surface area contributed by atoms with Crippen LogP contribution >= 0.6 is 23.2 Å². The third-order valence-corrected chi connectivity index (χ3v) is 8.57. The van der Waals surface area contributed by atoms with Gasteiger partial charge in [-0.2, -0.15) is 9.78 Å². The molecule has 1 amide bonds. The number of hydrogen-bond donors (Lipinski definition) is 1. The van der Waals surface area contributed by atoms with Crippen molar-refractivity contribution in [1.82, 2.24) is 0 Å². The molecule has 7 rings (SSSR count). The minimum atomic E-state index is -0.827. The van der Waals surface area contributed by atoms with Crippen LogP contribution in [0.4, 0.5) is 10.5 Å². The second-order valence-electron chi connectivity index (χ2n) is 10.1. The number of ether oxygens (including phenoxy) is 2. The highest BCUT2D eigenvalue weighted by Gasteiger charge is 2.67. The number of carbonyl (C=O) groups excluding carboxylic acids is 1. The summed E-state index contributed by atoms with van der Waals surface area (Å²) in [6.07, 6.45) is 8.02. The van der Waals surface area contributed by atoms with E-state index in [0.717, 1.165) is 31.1 Å². The van der Waals surface area contributed by atoms with Gasteiger partial charge in [-0.1, -0.05) is 23.2 Å². The van der Waals surface area contributed by atoms with E-state index in [0.29, 0.717) is 34.0 Å². The van der Waals surface area contributed by atoms with E-state index in [2.05, 4.69) is 5.32 Å². The zero-order chi connectivity index (χ0) is 21.2. The van der Waals surface area contributed by atoms with Crippen molar-refractivity contribution >= 4 is 35.0 Å². The first-order valence-corrected chi connectivity index (χ1v) is 12.2. The summed E-state index contributed by atoms with van der Waals surface area (Å²) in [5.41, 5.74) is 0.425. The summed E-state index contributed by atoms with van der Waals surface area (Å²) >= 11 is 12.1. The Morgan fingerprint density at radius 2 is 1.81 bits per heavy atom. The molecule has 2 atom stereocenters. The quantitative estimate of drug-likeness (QED) is 0.515. The third-order valence-electron chi connectivity index (χ3n) is 8.01. The summed E-state index contributed by atoms with van der Waals surface area (Å²) in [6.45, 7) is 0. The number of hydrogen-bond acceptors (Lipinski definition) is 5. The van der Waals surface area contributed by atoms with Gasteiger partial charge in [0.2, 0.25) is 11.6 Å². The smallest absolute Gasteiger partial charge is 0.411 e. The monoisotopic (exact) mass is 467 g/mol. The lowest BCUT2D eigenvalue weighted by Crippen LogP contribution is -2.59. The van der Waals surface area contributed by atoms with E-state index in [-0.39, 0.29) is 6.10 Å². The zero-order valence-electron chi connectivity index (χ0n) is 17.3. The maximum absolute atomic E-state index is 12.5. The largest absolute Gasteiger partial charge is 0.446 e. The maximum Gasteiger partial charge on any atom is 0.411 e. The highest BCUT2D eigenvalue weighted by Crippen LogP contribution is 2.63. The normalized spacial score (nSPS) is 43.0. The van der Waals surface area contributed by atoms with Crippen LogP contribution in [0.25, 0.3) is 0 Å². The average molecular weight is 468 g/mol. The van der Waals surface area contributed by atoms with Crippen molar-refractivity contribution in [3.63, 3.8) is 0 Å². The van der Waals surface area contributed by atoms with E-state index in [9.17, 15) is 4.79 Å². The molecule has 1 saturated heterocycles. The number of carbonyl (C=O) groups is 1. The Kier molecular flexibility index (Phi) is 4.96. The van der Waals surface area contributed by atoms with Crippen molar-refractivity contribution in [2.45, 2.75) is 75.5 Å².